The van der Waals surface area contributed by atoms with Crippen LogP contribution in [0.5, 0.6) is 0 Å². The normalized spacial score (nSPS) is 16.6. The predicted molar refractivity (Wildman–Crippen MR) is 57.1 cm³/mol. The molecule has 1 aromatic carbocycles. The molecule has 0 saturated heterocycles. The van der Waals surface area contributed by atoms with Crippen molar-refractivity contribution in [2.24, 2.45) is 0 Å². The van der Waals surface area contributed by atoms with Gasteiger partial charge in [0.25, 0.3) is 0 Å². The molecule has 1 aromatic rings. The van der Waals surface area contributed by atoms with E-state index < -0.39 is 0 Å². The number of carbonyl (C=O) groups excluding carboxylic acids is 1. The summed E-state index contributed by atoms with van der Waals surface area (Å²) in [6.07, 6.45) is 5.72. The second-order valence-electron chi connectivity index (χ2n) is 3.71. The summed E-state index contributed by atoms with van der Waals surface area (Å²) in [7, 11) is 0. The Bertz CT molecular complexity index is 349. The number of benzene rings is 1. The molecule has 0 amide bonds. The molecular weight excluding hydrogens is 172 g/mol. The van der Waals surface area contributed by atoms with E-state index in [1.807, 2.05) is 18.2 Å². The first-order valence-electron chi connectivity index (χ1n) is 5.12. The average molecular weight is 186 g/mol. The van der Waals surface area contributed by atoms with Crippen molar-refractivity contribution < 1.29 is 4.79 Å². The van der Waals surface area contributed by atoms with Crippen molar-refractivity contribution in [3.8, 4) is 0 Å². The van der Waals surface area contributed by atoms with Crippen molar-refractivity contribution in [2.75, 3.05) is 0 Å². The number of ketones is 1. The van der Waals surface area contributed by atoms with Crippen LogP contribution in [0, 0.1) is 0 Å². The maximum atomic E-state index is 11.5. The van der Waals surface area contributed by atoms with Gasteiger partial charge < -0.3 is 0 Å². The first-order valence-corrected chi connectivity index (χ1v) is 5.12. The van der Waals surface area contributed by atoms with E-state index in [4.69, 9.17) is 0 Å². The fraction of sp³-hybridized carbons (Fsp3) is 0.308. The highest BCUT2D eigenvalue weighted by molar-refractivity contribution is 5.96. The molecule has 0 heterocycles. The van der Waals surface area contributed by atoms with E-state index >= 15 is 0 Å². The lowest BCUT2D eigenvalue weighted by atomic mass is 9.93. The SMILES string of the molecule is O=C1CCCC=C1Cc1ccccc1. The Morgan fingerprint density at radius 3 is 2.64 bits per heavy atom. The molecule has 1 aliphatic carbocycles. The van der Waals surface area contributed by atoms with Gasteiger partial charge in [-0.1, -0.05) is 36.4 Å². The lowest BCUT2D eigenvalue weighted by Crippen LogP contribution is -2.09. The van der Waals surface area contributed by atoms with Gasteiger partial charge >= 0.3 is 0 Å². The second kappa shape index (κ2) is 4.23. The van der Waals surface area contributed by atoms with Gasteiger partial charge in [0.1, 0.15) is 0 Å². The number of Topliss-reactive ketones (excluding diaryl/α,β-unsaturated/α-hetero) is 1. The Balaban J connectivity index is 2.11. The van der Waals surface area contributed by atoms with Gasteiger partial charge in [0, 0.05) is 12.8 Å². The Kier molecular flexibility index (Phi) is 2.78. The number of hydrogen-bond acceptors (Lipinski definition) is 1. The lowest BCUT2D eigenvalue weighted by molar-refractivity contribution is -0.116. The molecule has 1 aliphatic rings. The number of rotatable bonds is 2. The average Bonchev–Trinajstić information content (AvgIpc) is 2.23. The van der Waals surface area contributed by atoms with Gasteiger partial charge in [-0.3, -0.25) is 4.79 Å². The lowest BCUT2D eigenvalue weighted by Gasteiger charge is -2.11. The van der Waals surface area contributed by atoms with Gasteiger partial charge in [0.15, 0.2) is 5.78 Å². The van der Waals surface area contributed by atoms with Gasteiger partial charge in [-0.2, -0.15) is 0 Å². The minimum Gasteiger partial charge on any atom is -0.295 e. The molecule has 0 fully saturated rings. The molecular formula is C13H14O. The molecule has 0 saturated carbocycles. The van der Waals surface area contributed by atoms with Crippen molar-refractivity contribution >= 4 is 5.78 Å². The highest BCUT2D eigenvalue weighted by Crippen LogP contribution is 2.17. The molecule has 1 heteroatoms. The number of allylic oxidation sites excluding steroid dienone is 2. The van der Waals surface area contributed by atoms with Crippen molar-refractivity contribution in [1.82, 2.24) is 0 Å². The van der Waals surface area contributed by atoms with E-state index in [1.54, 1.807) is 0 Å². The van der Waals surface area contributed by atoms with Gasteiger partial charge in [-0.05, 0) is 24.0 Å². The molecule has 1 nitrogen and oxygen atoms in total. The first kappa shape index (κ1) is 9.20. The summed E-state index contributed by atoms with van der Waals surface area (Å²) in [4.78, 5) is 11.5. The summed E-state index contributed by atoms with van der Waals surface area (Å²) in [5.74, 6) is 0.333. The molecule has 0 unspecified atom stereocenters. The highest BCUT2D eigenvalue weighted by Gasteiger charge is 2.13. The molecule has 0 aliphatic heterocycles. The van der Waals surface area contributed by atoms with Gasteiger partial charge in [0.05, 0.1) is 0 Å². The van der Waals surface area contributed by atoms with Crippen LogP contribution < -0.4 is 0 Å². The Morgan fingerprint density at radius 1 is 1.14 bits per heavy atom. The third-order valence-corrected chi connectivity index (χ3v) is 2.59. The minimum absolute atomic E-state index is 0.333. The maximum absolute atomic E-state index is 11.5. The van der Waals surface area contributed by atoms with Crippen LogP contribution in [0.3, 0.4) is 0 Å². The Morgan fingerprint density at radius 2 is 1.93 bits per heavy atom. The van der Waals surface area contributed by atoms with Crippen molar-refractivity contribution in [1.29, 1.82) is 0 Å². The van der Waals surface area contributed by atoms with Crippen LogP contribution in [-0.2, 0) is 11.2 Å². The molecule has 0 aromatic heterocycles. The van der Waals surface area contributed by atoms with E-state index in [0.717, 1.165) is 31.3 Å². The standard InChI is InChI=1S/C13H14O/c14-13-9-5-4-8-12(13)10-11-6-2-1-3-7-11/h1-3,6-8H,4-5,9-10H2. The fourth-order valence-electron chi connectivity index (χ4n) is 1.80. The van der Waals surface area contributed by atoms with Crippen LogP contribution in [0.15, 0.2) is 42.0 Å². The van der Waals surface area contributed by atoms with Gasteiger partial charge in [-0.15, -0.1) is 0 Å². The highest BCUT2D eigenvalue weighted by atomic mass is 16.1. The zero-order valence-corrected chi connectivity index (χ0v) is 8.20. The number of carbonyl (C=O) groups is 1. The summed E-state index contributed by atoms with van der Waals surface area (Å²) in [5.41, 5.74) is 2.23. The molecule has 0 atom stereocenters. The molecule has 72 valence electrons. The third-order valence-electron chi connectivity index (χ3n) is 2.59. The Labute approximate surface area is 84.5 Å². The van der Waals surface area contributed by atoms with Crippen molar-refractivity contribution in [2.45, 2.75) is 25.7 Å². The van der Waals surface area contributed by atoms with E-state index in [0.29, 0.717) is 5.78 Å². The minimum atomic E-state index is 0.333. The second-order valence-corrected chi connectivity index (χ2v) is 3.71. The summed E-state index contributed by atoms with van der Waals surface area (Å²) in [6.45, 7) is 0. The van der Waals surface area contributed by atoms with E-state index in [1.165, 1.54) is 5.56 Å². The quantitative estimate of drug-likeness (QED) is 0.694. The molecule has 0 spiro atoms. The summed E-state index contributed by atoms with van der Waals surface area (Å²) >= 11 is 0. The topological polar surface area (TPSA) is 17.1 Å². The Hall–Kier alpha value is -1.37. The third kappa shape index (κ3) is 2.11. The zero-order valence-electron chi connectivity index (χ0n) is 8.20. The fourth-order valence-corrected chi connectivity index (χ4v) is 1.80. The molecule has 14 heavy (non-hydrogen) atoms. The largest absolute Gasteiger partial charge is 0.295 e. The molecule has 0 N–H and O–H groups in total. The summed E-state index contributed by atoms with van der Waals surface area (Å²) in [6, 6.07) is 10.2. The van der Waals surface area contributed by atoms with E-state index in [9.17, 15) is 4.79 Å². The van der Waals surface area contributed by atoms with E-state index in [2.05, 4.69) is 18.2 Å². The van der Waals surface area contributed by atoms with Gasteiger partial charge in [-0.25, -0.2) is 0 Å². The van der Waals surface area contributed by atoms with E-state index in [-0.39, 0.29) is 0 Å². The van der Waals surface area contributed by atoms with Crippen LogP contribution in [0.4, 0.5) is 0 Å². The first-order chi connectivity index (χ1) is 6.86. The summed E-state index contributed by atoms with van der Waals surface area (Å²) in [5, 5.41) is 0. The van der Waals surface area contributed by atoms with Crippen LogP contribution >= 0.6 is 0 Å². The van der Waals surface area contributed by atoms with Crippen LogP contribution in [0.25, 0.3) is 0 Å². The molecule has 0 bridgehead atoms. The molecule has 2 rings (SSSR count). The van der Waals surface area contributed by atoms with Crippen LogP contribution in [-0.4, -0.2) is 5.78 Å². The summed E-state index contributed by atoms with van der Waals surface area (Å²) < 4.78 is 0. The monoisotopic (exact) mass is 186 g/mol. The van der Waals surface area contributed by atoms with Crippen LogP contribution in [0.1, 0.15) is 24.8 Å². The molecule has 0 radical (unpaired) electrons. The zero-order chi connectivity index (χ0) is 9.80. The van der Waals surface area contributed by atoms with Crippen molar-refractivity contribution in [3.63, 3.8) is 0 Å². The smallest absolute Gasteiger partial charge is 0.158 e. The van der Waals surface area contributed by atoms with Crippen molar-refractivity contribution in [3.05, 3.63) is 47.5 Å². The van der Waals surface area contributed by atoms with Crippen LogP contribution in [0.2, 0.25) is 0 Å². The predicted octanol–water partition coefficient (Wildman–Crippen LogP) is 2.91. The maximum Gasteiger partial charge on any atom is 0.158 e. The number of hydrogen-bond donors (Lipinski definition) is 0. The van der Waals surface area contributed by atoms with Gasteiger partial charge in [0.2, 0.25) is 0 Å².